The highest BCUT2D eigenvalue weighted by Gasteiger charge is 2.18. The first kappa shape index (κ1) is 57.2. The summed E-state index contributed by atoms with van der Waals surface area (Å²) in [5.74, 6) is 4.73. The fourth-order valence-corrected chi connectivity index (χ4v) is 8.68. The summed E-state index contributed by atoms with van der Waals surface area (Å²) in [6.45, 7) is 24.8. The van der Waals surface area contributed by atoms with Gasteiger partial charge in [-0.15, -0.1) is 11.8 Å². The van der Waals surface area contributed by atoms with E-state index in [9.17, 15) is 18.0 Å². The minimum Gasteiger partial charge on any atom is -0.462 e. The average molecular weight is 980 g/mol. The van der Waals surface area contributed by atoms with Crippen molar-refractivity contribution in [1.82, 2.24) is 35.3 Å². The van der Waals surface area contributed by atoms with Crippen LogP contribution in [0.4, 0.5) is 34.6 Å². The third-order valence-corrected chi connectivity index (χ3v) is 12.7. The monoisotopic (exact) mass is 980 g/mol. The highest BCUT2D eigenvalue weighted by molar-refractivity contribution is 7.99. The Balaban J connectivity index is 0.000000282. The molecule has 0 unspecified atom stereocenters. The molecule has 2 aromatic heterocycles. The van der Waals surface area contributed by atoms with Gasteiger partial charge in [0.25, 0.3) is 12.9 Å². The van der Waals surface area contributed by atoms with E-state index in [2.05, 4.69) is 117 Å². The molecule has 2 fully saturated rings. The smallest absolute Gasteiger partial charge is 0.293 e. The molecule has 4 heterocycles. The number of anilines is 6. The van der Waals surface area contributed by atoms with E-state index in [4.69, 9.17) is 0 Å². The number of rotatable bonds is 17. The van der Waals surface area contributed by atoms with E-state index in [1.165, 1.54) is 30.6 Å². The number of carbonyl (C=O) groups excluding carboxylic acids is 2. The molecule has 6 rings (SSSR count). The number of aromatic nitrogens is 4. The first-order valence-electron chi connectivity index (χ1n) is 23.3. The Hall–Kier alpha value is -5.08. The van der Waals surface area contributed by atoms with Gasteiger partial charge in [-0.25, -0.2) is 33.1 Å². The van der Waals surface area contributed by atoms with Crippen molar-refractivity contribution >= 4 is 69.4 Å². The number of hydrogen-bond acceptors (Lipinski definition) is 17. The van der Waals surface area contributed by atoms with Gasteiger partial charge in [0.1, 0.15) is 47.1 Å². The van der Waals surface area contributed by atoms with Crippen LogP contribution in [0.25, 0.3) is 0 Å². The quantitative estimate of drug-likeness (QED) is 0.0502. The Morgan fingerprint density at radius 3 is 1.43 bits per heavy atom. The molecule has 0 atom stereocenters. The van der Waals surface area contributed by atoms with Crippen molar-refractivity contribution < 1.29 is 27.5 Å². The zero-order chi connectivity index (χ0) is 50.2. The lowest BCUT2D eigenvalue weighted by Gasteiger charge is -2.28. The second-order valence-corrected chi connectivity index (χ2v) is 22.2. The van der Waals surface area contributed by atoms with E-state index in [-0.39, 0.29) is 16.1 Å². The molecule has 2 aliphatic rings. The zero-order valence-electron chi connectivity index (χ0n) is 42.0. The third-order valence-electron chi connectivity index (χ3n) is 10.1. The topological polar surface area (TPSA) is 205 Å². The van der Waals surface area contributed by atoms with Gasteiger partial charge >= 0.3 is 0 Å². The molecule has 4 aromatic rings. The number of thioether (sulfide) groups is 1. The number of benzene rings is 2. The molecule has 5 N–H and O–H groups in total. The summed E-state index contributed by atoms with van der Waals surface area (Å²) in [5, 5.41) is 14.0. The lowest BCUT2D eigenvalue weighted by atomic mass is 9.98. The van der Waals surface area contributed by atoms with Crippen LogP contribution >= 0.6 is 11.8 Å². The second-order valence-electron chi connectivity index (χ2n) is 18.8. The third kappa shape index (κ3) is 23.3. The van der Waals surface area contributed by atoms with Crippen molar-refractivity contribution in [3.63, 3.8) is 0 Å². The number of nitrogens with one attached hydrogen (secondary N) is 5. The zero-order valence-corrected chi connectivity index (χ0v) is 43.7. The first-order valence-corrected chi connectivity index (χ1v) is 25.7. The van der Waals surface area contributed by atoms with E-state index < -0.39 is 10.0 Å². The Labute approximate surface area is 410 Å². The molecule has 0 aliphatic carbocycles. The number of nitrogens with zero attached hydrogens (tertiary/aromatic N) is 6. The Morgan fingerprint density at radius 1 is 0.691 bits per heavy atom. The summed E-state index contributed by atoms with van der Waals surface area (Å²) >= 11 is 1.87. The maximum absolute atomic E-state index is 12.0. The Morgan fingerprint density at radius 2 is 1.09 bits per heavy atom. The molecule has 0 radical (unpaired) electrons. The van der Waals surface area contributed by atoms with E-state index in [1.807, 2.05) is 65.4 Å². The molecule has 376 valence electrons. The van der Waals surface area contributed by atoms with E-state index in [1.54, 1.807) is 43.8 Å². The lowest BCUT2D eigenvalue weighted by molar-refractivity contribution is -0.139. The van der Waals surface area contributed by atoms with Crippen molar-refractivity contribution in [2.24, 2.45) is 11.8 Å². The van der Waals surface area contributed by atoms with E-state index in [0.717, 1.165) is 74.0 Å². The van der Waals surface area contributed by atoms with Gasteiger partial charge in [-0.2, -0.15) is 0 Å². The highest BCUT2D eigenvalue weighted by Crippen LogP contribution is 2.27. The predicted octanol–water partition coefficient (Wildman–Crippen LogP) is 8.03. The standard InChI is InChI=1S/C20H29N5S.C19H28N6O2S.2C5H10O2/c1-15(2)26-18-6-4-17(5-7-18)24-19-12-20(23-14-22-19)25(3)13-16-8-10-21-11-9-16;1-3-23-28(26,27)17-6-4-16(5-7-17)24-18-12-19(22-14-21-18)25(2)13-15-8-10-20-11-9-15;2*1-5(2,3)7-4-6/h4-7,12,14-16,21H,8-11,13H2,1-3H3,(H,22,23,24);4-7,12,14-15,20,23H,3,8-11,13H2,1-2H3,(H,21,22,24);2*4H,1-3H3. The molecule has 2 aliphatic heterocycles. The predicted molar refractivity (Wildman–Crippen MR) is 277 cm³/mol. The van der Waals surface area contributed by atoms with Gasteiger partial charge in [-0.1, -0.05) is 20.8 Å². The average Bonchev–Trinajstić information content (AvgIpc) is 3.28. The van der Waals surface area contributed by atoms with Crippen LogP contribution < -0.4 is 35.8 Å². The largest absolute Gasteiger partial charge is 0.462 e. The van der Waals surface area contributed by atoms with Crippen LogP contribution in [0.1, 0.15) is 88.0 Å². The van der Waals surface area contributed by atoms with Gasteiger partial charge in [0.2, 0.25) is 10.0 Å². The van der Waals surface area contributed by atoms with Crippen molar-refractivity contribution in [2.45, 2.75) is 114 Å². The molecule has 68 heavy (non-hydrogen) atoms. The van der Waals surface area contributed by atoms with Crippen molar-refractivity contribution in [1.29, 1.82) is 0 Å². The first-order chi connectivity index (χ1) is 32.2. The minimum absolute atomic E-state index is 0.241. The molecule has 0 amide bonds. The van der Waals surface area contributed by atoms with Crippen LogP contribution in [0.5, 0.6) is 0 Å². The SMILES string of the molecule is CC(C)(C)OC=O.CC(C)(C)OC=O.CC(C)Sc1ccc(Nc2cc(N(C)CC3CCNCC3)ncn2)cc1.CCNS(=O)(=O)c1ccc(Nc2cc(N(C)CC3CCNCC3)ncn2)cc1. The van der Waals surface area contributed by atoms with Crippen LogP contribution in [-0.4, -0.2) is 118 Å². The van der Waals surface area contributed by atoms with Gasteiger partial charge < -0.3 is 40.5 Å². The summed E-state index contributed by atoms with van der Waals surface area (Å²) in [6.07, 6.45) is 8.02. The van der Waals surface area contributed by atoms with E-state index >= 15 is 0 Å². The molecule has 0 bridgehead atoms. The van der Waals surface area contributed by atoms with E-state index in [0.29, 0.717) is 36.5 Å². The van der Waals surface area contributed by atoms with Crippen LogP contribution in [0.15, 0.2) is 83.1 Å². The lowest BCUT2D eigenvalue weighted by Crippen LogP contribution is -2.34. The summed E-state index contributed by atoms with van der Waals surface area (Å²) in [4.78, 5) is 42.6. The second kappa shape index (κ2) is 29.1. The number of sulfonamides is 1. The van der Waals surface area contributed by atoms with Gasteiger partial charge in [-0.05, 0) is 154 Å². The summed E-state index contributed by atoms with van der Waals surface area (Å²) in [5.41, 5.74) is 1.17. The van der Waals surface area contributed by atoms with Crippen molar-refractivity contribution in [3.8, 4) is 0 Å². The molecule has 19 heteroatoms. The fourth-order valence-electron chi connectivity index (χ4n) is 6.80. The molecule has 2 saturated heterocycles. The minimum atomic E-state index is -3.45. The summed E-state index contributed by atoms with van der Waals surface area (Å²) in [7, 11) is 0.721. The Kier molecular flexibility index (Phi) is 24.5. The van der Waals surface area contributed by atoms with Gasteiger partial charge in [0.15, 0.2) is 0 Å². The van der Waals surface area contributed by atoms with Gasteiger partial charge in [0.05, 0.1) is 4.90 Å². The number of hydrogen-bond donors (Lipinski definition) is 5. The van der Waals surface area contributed by atoms with Crippen LogP contribution in [0.3, 0.4) is 0 Å². The van der Waals surface area contributed by atoms with Crippen molar-refractivity contribution in [3.05, 3.63) is 73.3 Å². The van der Waals surface area contributed by atoms with Crippen molar-refractivity contribution in [2.75, 3.05) is 80.3 Å². The maximum Gasteiger partial charge on any atom is 0.293 e. The molecular formula is C49H77N11O6S2. The van der Waals surface area contributed by atoms with Crippen LogP contribution in [-0.2, 0) is 29.1 Å². The molecular weight excluding hydrogens is 903 g/mol. The van der Waals surface area contributed by atoms with Crippen LogP contribution in [0, 0.1) is 11.8 Å². The molecule has 17 nitrogen and oxygen atoms in total. The molecule has 0 saturated carbocycles. The number of carbonyl (C=O) groups is 2. The summed E-state index contributed by atoms with van der Waals surface area (Å²) < 4.78 is 35.6. The van der Waals surface area contributed by atoms with Gasteiger partial charge in [-0.3, -0.25) is 9.59 Å². The molecule has 2 aromatic carbocycles. The summed E-state index contributed by atoms with van der Waals surface area (Å²) in [6, 6.07) is 19.0. The fraction of sp³-hybridized carbons (Fsp3) is 0.551. The number of ether oxygens (including phenoxy) is 2. The van der Waals surface area contributed by atoms with Gasteiger partial charge in [0, 0.05) is 67.4 Å². The Bertz CT molecular complexity index is 2140. The maximum atomic E-state index is 12.0. The molecule has 0 spiro atoms. The van der Waals surface area contributed by atoms with Crippen LogP contribution in [0.2, 0.25) is 0 Å². The normalized spacial score (nSPS) is 14.4. The number of piperidine rings is 2. The highest BCUT2D eigenvalue weighted by atomic mass is 32.2.